The summed E-state index contributed by atoms with van der Waals surface area (Å²) in [7, 11) is 1.59. The zero-order chi connectivity index (χ0) is 26.6. The number of methoxy groups -OCH3 is 1. The lowest BCUT2D eigenvalue weighted by Crippen LogP contribution is -2.48. The molecule has 1 saturated carbocycles. The first-order chi connectivity index (χ1) is 18.4. The van der Waals surface area contributed by atoms with E-state index < -0.39 is 0 Å². The van der Waals surface area contributed by atoms with Gasteiger partial charge in [-0.05, 0) is 84.0 Å². The monoisotopic (exact) mass is 532 g/mol. The van der Waals surface area contributed by atoms with Gasteiger partial charge in [0.25, 0.3) is 5.91 Å². The second-order valence-corrected chi connectivity index (χ2v) is 11.5. The second-order valence-electron chi connectivity index (χ2n) is 10.5. The summed E-state index contributed by atoms with van der Waals surface area (Å²) in [5.41, 5.74) is 2.96. The Morgan fingerprint density at radius 2 is 1.87 bits per heavy atom. The normalized spacial score (nSPS) is 16.7. The Morgan fingerprint density at radius 1 is 1.08 bits per heavy atom. The molecule has 0 N–H and O–H groups in total. The van der Waals surface area contributed by atoms with Crippen LogP contribution in [-0.2, 0) is 11.2 Å². The van der Waals surface area contributed by atoms with E-state index in [2.05, 4.69) is 37.4 Å². The van der Waals surface area contributed by atoms with E-state index in [1.807, 2.05) is 29.2 Å². The number of carbonyl (C=O) groups excluding carboxylic acids is 2. The number of carbonyl (C=O) groups is 2. The van der Waals surface area contributed by atoms with E-state index in [-0.39, 0.29) is 24.4 Å². The standard InChI is InChI=1S/C31H36N2O4S/c1-21(2)23-9-11-25(12-10-23)37-20-28-27-14-16-38-29(27)13-15-33(28)30(34)19-32(18-22-7-8-22)31(35)24-5-4-6-26(17-24)36-3/h4-6,9-12,14,16-17,21-22,28H,7-8,13,15,18-20H2,1-3H3. The first kappa shape index (κ1) is 26.3. The number of fused-ring (bicyclic) bond motifs is 1. The Hall–Kier alpha value is -3.32. The molecular formula is C31H36N2O4S. The molecule has 2 amide bonds. The lowest BCUT2D eigenvalue weighted by atomic mass is 10.00. The van der Waals surface area contributed by atoms with Crippen molar-refractivity contribution in [2.75, 3.05) is 33.4 Å². The third-order valence-corrected chi connectivity index (χ3v) is 8.47. The van der Waals surface area contributed by atoms with Crippen LogP contribution in [0.2, 0.25) is 0 Å². The molecule has 1 aromatic heterocycles. The molecule has 200 valence electrons. The van der Waals surface area contributed by atoms with Crippen LogP contribution in [0, 0.1) is 5.92 Å². The van der Waals surface area contributed by atoms with Crippen LogP contribution in [0.3, 0.4) is 0 Å². The molecule has 0 spiro atoms. The van der Waals surface area contributed by atoms with Gasteiger partial charge in [0, 0.05) is 23.5 Å². The molecule has 0 saturated heterocycles. The summed E-state index contributed by atoms with van der Waals surface area (Å²) in [5, 5.41) is 2.09. The van der Waals surface area contributed by atoms with Gasteiger partial charge in [-0.3, -0.25) is 9.59 Å². The second kappa shape index (κ2) is 11.6. The van der Waals surface area contributed by atoms with E-state index in [1.54, 1.807) is 35.5 Å². The van der Waals surface area contributed by atoms with Crippen molar-refractivity contribution in [2.45, 2.75) is 45.1 Å². The lowest BCUT2D eigenvalue weighted by molar-refractivity contribution is -0.135. The summed E-state index contributed by atoms with van der Waals surface area (Å²) in [4.78, 5) is 32.2. The minimum absolute atomic E-state index is 0.0394. The van der Waals surface area contributed by atoms with E-state index in [0.29, 0.717) is 42.8 Å². The predicted octanol–water partition coefficient (Wildman–Crippen LogP) is 5.94. The van der Waals surface area contributed by atoms with Crippen LogP contribution in [0.25, 0.3) is 0 Å². The largest absolute Gasteiger partial charge is 0.497 e. The Labute approximate surface area is 229 Å². The van der Waals surface area contributed by atoms with Crippen LogP contribution in [0.5, 0.6) is 11.5 Å². The SMILES string of the molecule is COc1cccc(C(=O)N(CC(=O)N2CCc3sccc3C2COc2ccc(C(C)C)cc2)CC2CC2)c1. The van der Waals surface area contributed by atoms with Crippen molar-refractivity contribution in [1.29, 1.82) is 0 Å². The molecule has 0 bridgehead atoms. The molecule has 7 heteroatoms. The smallest absolute Gasteiger partial charge is 0.254 e. The molecule has 0 radical (unpaired) electrons. The van der Waals surface area contributed by atoms with Crippen molar-refractivity contribution in [3.05, 3.63) is 81.5 Å². The number of amides is 2. The van der Waals surface area contributed by atoms with Gasteiger partial charge in [0.05, 0.1) is 13.2 Å². The first-order valence-electron chi connectivity index (χ1n) is 13.4. The van der Waals surface area contributed by atoms with Crippen LogP contribution in [0.4, 0.5) is 0 Å². The Balaban J connectivity index is 1.32. The number of ether oxygens (including phenoxy) is 2. The van der Waals surface area contributed by atoms with Gasteiger partial charge in [-0.1, -0.05) is 32.0 Å². The molecule has 1 fully saturated rings. The molecule has 1 atom stereocenters. The van der Waals surface area contributed by atoms with E-state index in [0.717, 1.165) is 30.6 Å². The molecule has 2 heterocycles. The van der Waals surface area contributed by atoms with Crippen LogP contribution in [0.1, 0.15) is 65.0 Å². The number of thiophene rings is 1. The van der Waals surface area contributed by atoms with E-state index in [1.165, 1.54) is 10.4 Å². The lowest BCUT2D eigenvalue weighted by Gasteiger charge is -2.37. The fourth-order valence-electron chi connectivity index (χ4n) is 5.02. The molecule has 38 heavy (non-hydrogen) atoms. The van der Waals surface area contributed by atoms with Gasteiger partial charge in [-0.15, -0.1) is 11.3 Å². The van der Waals surface area contributed by atoms with Crippen LogP contribution in [-0.4, -0.2) is 55.0 Å². The molecule has 1 aliphatic heterocycles. The Bertz CT molecular complexity index is 1260. The summed E-state index contributed by atoms with van der Waals surface area (Å²) in [5.74, 6) is 2.19. The molecule has 1 unspecified atom stereocenters. The molecule has 5 rings (SSSR count). The van der Waals surface area contributed by atoms with E-state index in [4.69, 9.17) is 9.47 Å². The van der Waals surface area contributed by atoms with Gasteiger partial charge in [0.2, 0.25) is 5.91 Å². The van der Waals surface area contributed by atoms with Crippen molar-refractivity contribution in [2.24, 2.45) is 5.92 Å². The molecular weight excluding hydrogens is 496 g/mol. The predicted molar refractivity (Wildman–Crippen MR) is 150 cm³/mol. The van der Waals surface area contributed by atoms with Crippen molar-refractivity contribution in [1.82, 2.24) is 9.80 Å². The number of benzene rings is 2. The average molecular weight is 533 g/mol. The van der Waals surface area contributed by atoms with Gasteiger partial charge in [0.15, 0.2) is 0 Å². The number of hydrogen-bond donors (Lipinski definition) is 0. The fraction of sp³-hybridized carbons (Fsp3) is 0.419. The highest BCUT2D eigenvalue weighted by Crippen LogP contribution is 2.35. The Kier molecular flexibility index (Phi) is 8.03. The zero-order valence-corrected chi connectivity index (χ0v) is 23.2. The van der Waals surface area contributed by atoms with Crippen LogP contribution < -0.4 is 9.47 Å². The van der Waals surface area contributed by atoms with Crippen molar-refractivity contribution in [3.8, 4) is 11.5 Å². The molecule has 1 aliphatic carbocycles. The number of hydrogen-bond acceptors (Lipinski definition) is 5. The van der Waals surface area contributed by atoms with Crippen molar-refractivity contribution in [3.63, 3.8) is 0 Å². The minimum Gasteiger partial charge on any atom is -0.497 e. The fourth-order valence-corrected chi connectivity index (χ4v) is 5.95. The highest BCUT2D eigenvalue weighted by molar-refractivity contribution is 7.10. The molecule has 2 aliphatic rings. The first-order valence-corrected chi connectivity index (χ1v) is 14.3. The number of nitrogens with zero attached hydrogens (tertiary/aromatic N) is 2. The van der Waals surface area contributed by atoms with Gasteiger partial charge in [-0.25, -0.2) is 0 Å². The maximum Gasteiger partial charge on any atom is 0.254 e. The maximum atomic E-state index is 13.8. The summed E-state index contributed by atoms with van der Waals surface area (Å²) in [6, 6.07) is 17.3. The molecule has 6 nitrogen and oxygen atoms in total. The number of rotatable bonds is 10. The van der Waals surface area contributed by atoms with Gasteiger partial charge >= 0.3 is 0 Å². The molecule has 3 aromatic rings. The quantitative estimate of drug-likeness (QED) is 0.324. The summed E-state index contributed by atoms with van der Waals surface area (Å²) in [6.07, 6.45) is 3.03. The summed E-state index contributed by atoms with van der Waals surface area (Å²) >= 11 is 1.74. The highest BCUT2D eigenvalue weighted by Gasteiger charge is 2.35. The summed E-state index contributed by atoms with van der Waals surface area (Å²) in [6.45, 7) is 6.00. The van der Waals surface area contributed by atoms with E-state index in [9.17, 15) is 9.59 Å². The van der Waals surface area contributed by atoms with Gasteiger partial charge in [-0.2, -0.15) is 0 Å². The topological polar surface area (TPSA) is 59.1 Å². The van der Waals surface area contributed by atoms with Gasteiger partial charge < -0.3 is 19.3 Å². The third-order valence-electron chi connectivity index (χ3n) is 7.48. The van der Waals surface area contributed by atoms with Crippen molar-refractivity contribution < 1.29 is 19.1 Å². The zero-order valence-electron chi connectivity index (χ0n) is 22.4. The van der Waals surface area contributed by atoms with E-state index >= 15 is 0 Å². The Morgan fingerprint density at radius 3 is 2.58 bits per heavy atom. The highest BCUT2D eigenvalue weighted by atomic mass is 32.1. The average Bonchev–Trinajstić information content (AvgIpc) is 3.63. The van der Waals surface area contributed by atoms with Crippen LogP contribution in [0.15, 0.2) is 60.0 Å². The van der Waals surface area contributed by atoms with Crippen molar-refractivity contribution >= 4 is 23.2 Å². The maximum absolute atomic E-state index is 13.8. The van der Waals surface area contributed by atoms with Gasteiger partial charge in [0.1, 0.15) is 24.7 Å². The third kappa shape index (κ3) is 6.04. The minimum atomic E-state index is -0.183. The summed E-state index contributed by atoms with van der Waals surface area (Å²) < 4.78 is 11.5. The van der Waals surface area contributed by atoms with Crippen LogP contribution >= 0.6 is 11.3 Å². The molecule has 2 aromatic carbocycles.